The Morgan fingerprint density at radius 3 is 2.32 bits per heavy atom. The summed E-state index contributed by atoms with van der Waals surface area (Å²) in [5.74, 6) is -1.19. The van der Waals surface area contributed by atoms with E-state index in [4.69, 9.17) is 5.73 Å². The van der Waals surface area contributed by atoms with Gasteiger partial charge in [0, 0.05) is 24.5 Å². The molecule has 2 aromatic carbocycles. The zero-order valence-corrected chi connectivity index (χ0v) is 16.1. The van der Waals surface area contributed by atoms with Crippen LogP contribution in [0.25, 0.3) is 0 Å². The maximum Gasteiger partial charge on any atom is 0.277 e. The van der Waals surface area contributed by atoms with Crippen LogP contribution in [-0.2, 0) is 16.0 Å². The number of nitrogen functional groups attached to an aromatic ring is 1. The third kappa shape index (κ3) is 5.45. The van der Waals surface area contributed by atoms with Crippen molar-refractivity contribution in [2.75, 3.05) is 16.0 Å². The number of benzene rings is 2. The zero-order chi connectivity index (χ0) is 20.5. The molecule has 0 aliphatic carbocycles. The number of nitrogens with two attached hydrogens (primary N) is 1. The van der Waals surface area contributed by atoms with Crippen molar-refractivity contribution in [3.8, 4) is 6.07 Å². The van der Waals surface area contributed by atoms with Gasteiger partial charge < -0.3 is 11.1 Å². The molecule has 0 bridgehead atoms. The zero-order valence-electron chi connectivity index (χ0n) is 16.1. The van der Waals surface area contributed by atoms with E-state index in [0.29, 0.717) is 11.4 Å². The minimum absolute atomic E-state index is 0.179. The van der Waals surface area contributed by atoms with Crippen molar-refractivity contribution in [1.29, 1.82) is 5.26 Å². The molecule has 3 N–H and O–H groups in total. The highest BCUT2D eigenvalue weighted by atomic mass is 16.2. The fourth-order valence-electron chi connectivity index (χ4n) is 2.63. The third-order valence-electron chi connectivity index (χ3n) is 4.18. The highest BCUT2D eigenvalue weighted by Gasteiger charge is 2.23. The first-order valence-corrected chi connectivity index (χ1v) is 9.12. The average Bonchev–Trinajstić information content (AvgIpc) is 2.69. The number of unbranched alkanes of at least 4 members (excludes halogenated alkanes) is 1. The third-order valence-corrected chi connectivity index (χ3v) is 4.18. The number of hydrogen-bond donors (Lipinski definition) is 2. The number of aryl methyl sites for hydroxylation is 1. The first kappa shape index (κ1) is 20.7. The Morgan fingerprint density at radius 1 is 1.14 bits per heavy atom. The highest BCUT2D eigenvalue weighted by molar-refractivity contribution is 6.21. The molecule has 0 aliphatic rings. The lowest BCUT2D eigenvalue weighted by Gasteiger charge is -2.19. The van der Waals surface area contributed by atoms with Gasteiger partial charge >= 0.3 is 0 Å². The molecule has 0 atom stereocenters. The summed E-state index contributed by atoms with van der Waals surface area (Å²) in [5, 5.41) is 12.4. The van der Waals surface area contributed by atoms with Gasteiger partial charge in [0.15, 0.2) is 0 Å². The Morgan fingerprint density at radius 2 is 1.79 bits per heavy atom. The normalized spacial score (nSPS) is 10.8. The van der Waals surface area contributed by atoms with Crippen molar-refractivity contribution in [2.45, 2.75) is 33.1 Å². The number of anilines is 3. The van der Waals surface area contributed by atoms with E-state index in [1.54, 1.807) is 24.3 Å². The molecule has 0 unspecified atom stereocenters. The first-order valence-electron chi connectivity index (χ1n) is 9.12. The van der Waals surface area contributed by atoms with E-state index in [1.807, 2.05) is 30.3 Å². The summed E-state index contributed by atoms with van der Waals surface area (Å²) in [7, 11) is 0. The number of nitriles is 1. The number of rotatable bonds is 7. The molecule has 0 heterocycles. The van der Waals surface area contributed by atoms with Crippen molar-refractivity contribution in [2.24, 2.45) is 0 Å². The molecule has 6 heteroatoms. The standard InChI is InChI=1S/C22H24N4O2/c1-3-4-5-17-6-10-20(11-7-17)25-15-18(14-23)22(28)26(16(2)27)21-12-8-19(24)9-13-21/h6-13,15,25H,3-5,24H2,1-2H3/b18-15-. The molecule has 6 nitrogen and oxygen atoms in total. The molecular weight excluding hydrogens is 352 g/mol. The molecule has 0 aromatic heterocycles. The van der Waals surface area contributed by atoms with Crippen molar-refractivity contribution >= 4 is 28.9 Å². The number of nitrogens with zero attached hydrogens (tertiary/aromatic N) is 2. The summed E-state index contributed by atoms with van der Waals surface area (Å²) in [5.41, 5.74) is 8.33. The maximum absolute atomic E-state index is 12.7. The molecule has 28 heavy (non-hydrogen) atoms. The van der Waals surface area contributed by atoms with Gasteiger partial charge in [-0.25, -0.2) is 4.90 Å². The van der Waals surface area contributed by atoms with Crippen LogP contribution >= 0.6 is 0 Å². The maximum atomic E-state index is 12.7. The molecule has 2 rings (SSSR count). The second-order valence-corrected chi connectivity index (χ2v) is 6.37. The van der Waals surface area contributed by atoms with E-state index < -0.39 is 11.8 Å². The van der Waals surface area contributed by atoms with Gasteiger partial charge in [0.25, 0.3) is 5.91 Å². The number of nitrogens with one attached hydrogen (secondary N) is 1. The molecule has 0 fully saturated rings. The second-order valence-electron chi connectivity index (χ2n) is 6.37. The summed E-state index contributed by atoms with van der Waals surface area (Å²) in [6.07, 6.45) is 4.60. The van der Waals surface area contributed by atoms with Crippen LogP contribution in [0, 0.1) is 11.3 Å². The fourth-order valence-corrected chi connectivity index (χ4v) is 2.63. The van der Waals surface area contributed by atoms with Crippen LogP contribution in [0.1, 0.15) is 32.3 Å². The van der Waals surface area contributed by atoms with Crippen LogP contribution < -0.4 is 16.0 Å². The first-order chi connectivity index (χ1) is 13.5. The SMILES string of the molecule is CCCCc1ccc(N/C=C(/C#N)C(=O)N(C(C)=O)c2ccc(N)cc2)cc1. The Bertz CT molecular complexity index is 894. The van der Waals surface area contributed by atoms with Crippen molar-refractivity contribution in [1.82, 2.24) is 0 Å². The molecule has 144 valence electrons. The predicted molar refractivity (Wildman–Crippen MR) is 111 cm³/mol. The minimum atomic E-state index is -0.702. The Balaban J connectivity index is 2.17. The van der Waals surface area contributed by atoms with Crippen LogP contribution in [-0.4, -0.2) is 11.8 Å². The van der Waals surface area contributed by atoms with E-state index in [2.05, 4.69) is 12.2 Å². The Labute approximate surface area is 165 Å². The van der Waals surface area contributed by atoms with Crippen molar-refractivity contribution < 1.29 is 9.59 Å². The van der Waals surface area contributed by atoms with Gasteiger partial charge in [-0.3, -0.25) is 9.59 Å². The summed E-state index contributed by atoms with van der Waals surface area (Å²) in [6.45, 7) is 3.42. The van der Waals surface area contributed by atoms with Gasteiger partial charge in [0.1, 0.15) is 11.6 Å². The molecule has 0 saturated carbocycles. The van der Waals surface area contributed by atoms with E-state index in [-0.39, 0.29) is 5.57 Å². The Kier molecular flexibility index (Phi) is 7.35. The van der Waals surface area contributed by atoms with Gasteiger partial charge in [-0.05, 0) is 54.8 Å². The van der Waals surface area contributed by atoms with Crippen LogP contribution in [0.3, 0.4) is 0 Å². The lowest BCUT2D eigenvalue weighted by Crippen LogP contribution is -2.36. The molecule has 2 aromatic rings. The number of hydrogen-bond acceptors (Lipinski definition) is 5. The molecule has 0 radical (unpaired) electrons. The number of carbonyl (C=O) groups excluding carboxylic acids is 2. The van der Waals surface area contributed by atoms with Crippen molar-refractivity contribution in [3.05, 3.63) is 65.9 Å². The number of carbonyl (C=O) groups is 2. The topological polar surface area (TPSA) is 99.2 Å². The van der Waals surface area contributed by atoms with Gasteiger partial charge in [0.2, 0.25) is 5.91 Å². The number of amides is 2. The van der Waals surface area contributed by atoms with Gasteiger partial charge in [-0.2, -0.15) is 5.26 Å². The predicted octanol–water partition coefficient (Wildman–Crippen LogP) is 4.01. The van der Waals surface area contributed by atoms with Gasteiger partial charge in [-0.15, -0.1) is 0 Å². The summed E-state index contributed by atoms with van der Waals surface area (Å²) < 4.78 is 0. The van der Waals surface area contributed by atoms with E-state index in [0.717, 1.165) is 29.8 Å². The second kappa shape index (κ2) is 9.93. The summed E-state index contributed by atoms with van der Waals surface area (Å²) in [6, 6.07) is 16.0. The van der Waals surface area contributed by atoms with E-state index in [9.17, 15) is 14.9 Å². The van der Waals surface area contributed by atoms with Crippen molar-refractivity contribution in [3.63, 3.8) is 0 Å². The summed E-state index contributed by atoms with van der Waals surface area (Å²) in [4.78, 5) is 25.7. The molecular formula is C22H24N4O2. The highest BCUT2D eigenvalue weighted by Crippen LogP contribution is 2.19. The quantitative estimate of drug-likeness (QED) is 0.432. The summed E-state index contributed by atoms with van der Waals surface area (Å²) >= 11 is 0. The lowest BCUT2D eigenvalue weighted by molar-refractivity contribution is -0.123. The lowest BCUT2D eigenvalue weighted by atomic mass is 10.1. The van der Waals surface area contributed by atoms with Crippen LogP contribution in [0.4, 0.5) is 17.1 Å². The monoisotopic (exact) mass is 376 g/mol. The number of imide groups is 1. The van der Waals surface area contributed by atoms with Crippen LogP contribution in [0.5, 0.6) is 0 Å². The van der Waals surface area contributed by atoms with Gasteiger partial charge in [-0.1, -0.05) is 25.5 Å². The molecule has 0 spiro atoms. The molecule has 0 saturated heterocycles. The fraction of sp³-hybridized carbons (Fsp3) is 0.227. The van der Waals surface area contributed by atoms with E-state index >= 15 is 0 Å². The van der Waals surface area contributed by atoms with E-state index in [1.165, 1.54) is 18.7 Å². The molecule has 0 aliphatic heterocycles. The van der Waals surface area contributed by atoms with Crippen LogP contribution in [0.15, 0.2) is 60.3 Å². The largest absolute Gasteiger partial charge is 0.399 e. The Hall–Kier alpha value is -3.59. The average molecular weight is 376 g/mol. The smallest absolute Gasteiger partial charge is 0.277 e. The minimum Gasteiger partial charge on any atom is -0.399 e. The van der Waals surface area contributed by atoms with Gasteiger partial charge in [0.05, 0.1) is 5.69 Å². The molecule has 2 amide bonds. The van der Waals surface area contributed by atoms with Crippen LogP contribution in [0.2, 0.25) is 0 Å².